The topological polar surface area (TPSA) is 68.2 Å². The maximum atomic E-state index is 13.6. The van der Waals surface area contributed by atoms with Crippen LogP contribution in [0.15, 0.2) is 36.4 Å². The first-order valence-electron chi connectivity index (χ1n) is 9.47. The zero-order valence-corrected chi connectivity index (χ0v) is 16.9. The quantitative estimate of drug-likeness (QED) is 0.803. The summed E-state index contributed by atoms with van der Waals surface area (Å²) in [4.78, 5) is 14.9. The third-order valence-corrected chi connectivity index (χ3v) is 5.25. The summed E-state index contributed by atoms with van der Waals surface area (Å²) in [7, 11) is 3.09. The normalized spacial score (nSPS) is 19.1. The highest BCUT2D eigenvalue weighted by Crippen LogP contribution is 2.36. The zero-order chi connectivity index (χ0) is 21.0. The van der Waals surface area contributed by atoms with Crippen molar-refractivity contribution in [3.05, 3.63) is 58.9 Å². The molecule has 2 aromatic carbocycles. The molecule has 0 aliphatic carbocycles. The van der Waals surface area contributed by atoms with E-state index < -0.39 is 12.1 Å². The summed E-state index contributed by atoms with van der Waals surface area (Å²) >= 11 is 0. The Hall–Kier alpha value is -2.64. The zero-order valence-electron chi connectivity index (χ0n) is 16.9. The number of aliphatic hydroxyl groups is 1. The van der Waals surface area contributed by atoms with Crippen LogP contribution >= 0.6 is 0 Å². The van der Waals surface area contributed by atoms with Crippen molar-refractivity contribution in [1.82, 2.24) is 4.90 Å². The van der Waals surface area contributed by atoms with Gasteiger partial charge in [-0.05, 0) is 47.9 Å². The molecule has 1 N–H and O–H groups in total. The van der Waals surface area contributed by atoms with Crippen LogP contribution in [0.2, 0.25) is 0 Å². The summed E-state index contributed by atoms with van der Waals surface area (Å²) in [5.41, 5.74) is 2.27. The van der Waals surface area contributed by atoms with Gasteiger partial charge in [0.05, 0.1) is 39.9 Å². The highest BCUT2D eigenvalue weighted by Gasteiger charge is 2.36. The molecule has 1 fully saturated rings. The number of aliphatic hydroxyl groups excluding tert-OH is 1. The van der Waals surface area contributed by atoms with Gasteiger partial charge in [0.15, 0.2) is 11.5 Å². The monoisotopic (exact) mass is 403 g/mol. The second-order valence-corrected chi connectivity index (χ2v) is 6.99. The van der Waals surface area contributed by atoms with Crippen molar-refractivity contribution < 1.29 is 28.5 Å². The lowest BCUT2D eigenvalue weighted by Gasteiger charge is -2.41. The van der Waals surface area contributed by atoms with Crippen molar-refractivity contribution >= 4 is 5.91 Å². The number of carbonyl (C=O) groups excluding carboxylic acids is 1. The first-order valence-corrected chi connectivity index (χ1v) is 9.47. The summed E-state index contributed by atoms with van der Waals surface area (Å²) in [6.45, 7) is 2.32. The van der Waals surface area contributed by atoms with Gasteiger partial charge in [-0.2, -0.15) is 0 Å². The number of halogens is 1. The van der Waals surface area contributed by atoms with Crippen LogP contribution in [0.3, 0.4) is 0 Å². The van der Waals surface area contributed by atoms with Crippen LogP contribution in [0.4, 0.5) is 4.39 Å². The molecule has 1 aliphatic heterocycles. The fourth-order valence-corrected chi connectivity index (χ4v) is 3.69. The van der Waals surface area contributed by atoms with Crippen LogP contribution in [0.5, 0.6) is 11.5 Å². The number of carbonyl (C=O) groups is 1. The molecule has 1 saturated heterocycles. The average Bonchev–Trinajstić information content (AvgIpc) is 2.75. The van der Waals surface area contributed by atoms with Crippen molar-refractivity contribution in [3.63, 3.8) is 0 Å². The number of ether oxygens (including phenoxy) is 3. The largest absolute Gasteiger partial charge is 0.493 e. The number of nitrogens with zero attached hydrogens (tertiary/aromatic N) is 1. The number of aryl methyl sites for hydroxylation is 1. The Morgan fingerprint density at radius 2 is 1.97 bits per heavy atom. The van der Waals surface area contributed by atoms with E-state index in [2.05, 4.69) is 0 Å². The van der Waals surface area contributed by atoms with Crippen molar-refractivity contribution in [2.45, 2.75) is 25.5 Å². The van der Waals surface area contributed by atoms with E-state index in [-0.39, 0.29) is 24.8 Å². The molecule has 6 nitrogen and oxygen atoms in total. The Kier molecular flexibility index (Phi) is 6.71. The van der Waals surface area contributed by atoms with Gasteiger partial charge in [0.1, 0.15) is 11.9 Å². The molecule has 0 spiro atoms. The minimum atomic E-state index is -0.570. The molecule has 2 atom stereocenters. The molecule has 0 bridgehead atoms. The van der Waals surface area contributed by atoms with Gasteiger partial charge in [0.25, 0.3) is 0 Å². The molecule has 7 heteroatoms. The van der Waals surface area contributed by atoms with Crippen molar-refractivity contribution in [1.29, 1.82) is 0 Å². The number of hydrogen-bond donors (Lipinski definition) is 1. The minimum Gasteiger partial charge on any atom is -0.493 e. The number of amides is 1. The van der Waals surface area contributed by atoms with Crippen LogP contribution in [0.1, 0.15) is 22.7 Å². The van der Waals surface area contributed by atoms with Crippen LogP contribution in [0.25, 0.3) is 0 Å². The first kappa shape index (κ1) is 21.1. The molecule has 0 saturated carbocycles. The average molecular weight is 403 g/mol. The predicted octanol–water partition coefficient (Wildman–Crippen LogP) is 2.65. The number of rotatable bonds is 6. The van der Waals surface area contributed by atoms with E-state index in [1.165, 1.54) is 19.2 Å². The first-order chi connectivity index (χ1) is 14.0. The summed E-state index contributed by atoms with van der Waals surface area (Å²) in [6.07, 6.45) is -0.495. The maximum absolute atomic E-state index is 13.6. The fraction of sp³-hybridized carbons (Fsp3) is 0.409. The van der Waals surface area contributed by atoms with E-state index in [1.54, 1.807) is 30.2 Å². The van der Waals surface area contributed by atoms with Gasteiger partial charge in [-0.1, -0.05) is 12.1 Å². The van der Waals surface area contributed by atoms with Crippen molar-refractivity contribution in [3.8, 4) is 11.5 Å². The minimum absolute atomic E-state index is 0.0749. The van der Waals surface area contributed by atoms with Gasteiger partial charge in [-0.3, -0.25) is 4.79 Å². The van der Waals surface area contributed by atoms with Gasteiger partial charge >= 0.3 is 0 Å². The molecule has 0 aromatic heterocycles. The lowest BCUT2D eigenvalue weighted by atomic mass is 9.96. The fourth-order valence-electron chi connectivity index (χ4n) is 3.69. The van der Waals surface area contributed by atoms with Gasteiger partial charge in [-0.25, -0.2) is 4.39 Å². The lowest BCUT2D eigenvalue weighted by Crippen LogP contribution is -2.50. The third-order valence-electron chi connectivity index (χ3n) is 5.25. The summed E-state index contributed by atoms with van der Waals surface area (Å²) in [5.74, 6) is 0.577. The maximum Gasteiger partial charge on any atom is 0.227 e. The Balaban J connectivity index is 1.93. The van der Waals surface area contributed by atoms with Gasteiger partial charge in [0.2, 0.25) is 5.91 Å². The Labute approximate surface area is 169 Å². The Bertz CT molecular complexity index is 872. The summed E-state index contributed by atoms with van der Waals surface area (Å²) in [6, 6.07) is 9.33. The van der Waals surface area contributed by atoms with Gasteiger partial charge < -0.3 is 24.2 Å². The van der Waals surface area contributed by atoms with Crippen molar-refractivity contribution in [2.75, 3.05) is 34.0 Å². The molecule has 29 heavy (non-hydrogen) atoms. The Morgan fingerprint density at radius 3 is 2.66 bits per heavy atom. The summed E-state index contributed by atoms with van der Waals surface area (Å²) < 4.78 is 30.0. The lowest BCUT2D eigenvalue weighted by molar-refractivity contribution is -0.149. The molecule has 0 unspecified atom stereocenters. The standard InChI is InChI=1S/C22H26FNO5/c1-14-4-6-17(23)10-16(14)12-21(26)24-8-9-29-20(13-25)22(24)15-5-7-18(27-2)19(11-15)28-3/h4-7,10-11,20,22,25H,8-9,12-13H2,1-3H3/t20-,22-/m1/s1. The molecule has 1 amide bonds. The molecule has 1 heterocycles. The molecule has 2 aromatic rings. The molecule has 156 valence electrons. The van der Waals surface area contributed by atoms with Crippen LogP contribution in [-0.2, 0) is 16.0 Å². The van der Waals surface area contributed by atoms with Crippen LogP contribution < -0.4 is 9.47 Å². The van der Waals surface area contributed by atoms with E-state index in [4.69, 9.17) is 14.2 Å². The molecule has 0 radical (unpaired) electrons. The summed E-state index contributed by atoms with van der Waals surface area (Å²) in [5, 5.41) is 9.85. The van der Waals surface area contributed by atoms with Crippen molar-refractivity contribution in [2.24, 2.45) is 0 Å². The van der Waals surface area contributed by atoms with Crippen LogP contribution in [-0.4, -0.2) is 56.0 Å². The SMILES string of the molecule is COc1ccc([C@@H]2[C@@H](CO)OCCN2C(=O)Cc2cc(F)ccc2C)cc1OC. The predicted molar refractivity (Wildman–Crippen MR) is 106 cm³/mol. The molecular formula is C22H26FNO5. The van der Waals surface area contributed by atoms with E-state index >= 15 is 0 Å². The highest BCUT2D eigenvalue weighted by molar-refractivity contribution is 5.80. The van der Waals surface area contributed by atoms with E-state index in [0.717, 1.165) is 11.1 Å². The Morgan fingerprint density at radius 1 is 1.21 bits per heavy atom. The van der Waals surface area contributed by atoms with E-state index in [9.17, 15) is 14.3 Å². The van der Waals surface area contributed by atoms with Crippen LogP contribution in [0, 0.1) is 12.7 Å². The smallest absolute Gasteiger partial charge is 0.227 e. The second kappa shape index (κ2) is 9.24. The van der Waals surface area contributed by atoms with E-state index in [0.29, 0.717) is 30.2 Å². The van der Waals surface area contributed by atoms with Gasteiger partial charge in [0, 0.05) is 6.54 Å². The van der Waals surface area contributed by atoms with Gasteiger partial charge in [-0.15, -0.1) is 0 Å². The highest BCUT2D eigenvalue weighted by atomic mass is 19.1. The third kappa shape index (κ3) is 4.52. The second-order valence-electron chi connectivity index (χ2n) is 6.99. The number of morpholine rings is 1. The number of methoxy groups -OCH3 is 2. The van der Waals surface area contributed by atoms with E-state index in [1.807, 2.05) is 13.0 Å². The molecule has 3 rings (SSSR count). The molecular weight excluding hydrogens is 377 g/mol. The molecule has 1 aliphatic rings. The number of benzene rings is 2. The number of hydrogen-bond acceptors (Lipinski definition) is 5.